The molecule has 0 radical (unpaired) electrons. The van der Waals surface area contributed by atoms with E-state index in [1.165, 1.54) is 0 Å². The van der Waals surface area contributed by atoms with Crippen molar-refractivity contribution in [1.82, 2.24) is 5.32 Å². The van der Waals surface area contributed by atoms with Gasteiger partial charge < -0.3 is 43.7 Å². The third-order valence-electron chi connectivity index (χ3n) is 7.87. The molecule has 2 aliphatic rings. The summed E-state index contributed by atoms with van der Waals surface area (Å²) in [5.74, 6) is 1.76. The number of ether oxygens (including phenoxy) is 6. The fraction of sp³-hybridized carbons (Fsp3) is 0.636. The fourth-order valence-corrected chi connectivity index (χ4v) is 5.69. The molecule has 2 aromatic rings. The molecule has 9 nitrogen and oxygen atoms in total. The lowest BCUT2D eigenvalue weighted by Crippen LogP contribution is -2.51. The lowest BCUT2D eigenvalue weighted by Gasteiger charge is -2.39. The Morgan fingerprint density at radius 1 is 0.976 bits per heavy atom. The number of methoxy groups -OCH3 is 2. The molecule has 9 heteroatoms. The van der Waals surface area contributed by atoms with E-state index in [1.54, 1.807) is 14.2 Å². The van der Waals surface area contributed by atoms with Crippen LogP contribution in [0.2, 0.25) is 0 Å². The summed E-state index contributed by atoms with van der Waals surface area (Å²) in [5.41, 5.74) is 3.36. The Balaban J connectivity index is 1.46. The lowest BCUT2D eigenvalue weighted by molar-refractivity contribution is -0.0783. The Morgan fingerprint density at radius 2 is 1.74 bits per heavy atom. The van der Waals surface area contributed by atoms with Crippen LogP contribution in [0.5, 0.6) is 11.5 Å². The minimum Gasteiger partial charge on any atom is -0.494 e. The third kappa shape index (κ3) is 9.56. The van der Waals surface area contributed by atoms with Crippen molar-refractivity contribution in [1.29, 1.82) is 0 Å². The molecule has 4 rings (SSSR count). The summed E-state index contributed by atoms with van der Waals surface area (Å²) < 4.78 is 35.2. The van der Waals surface area contributed by atoms with Crippen LogP contribution in [0.25, 0.3) is 0 Å². The topological polar surface area (TPSA) is 90.9 Å². The number of rotatable bonds is 18. The standard InChI is InChI=1S/C33H50N2O7/c1-4-7-27(36)24-42-32-22-34-21-31(33(32)26-9-11-28(12-10-26)39-18-6-17-38-3)41-23-25-8-13-30-29(20-25)35(15-19-40-30)14-5-16-37-2/h8-13,20,27,31-34,36H,4-7,14-19,21-24H2,1-3H3/t27?,31-,32+,33?/m0/s1. The van der Waals surface area contributed by atoms with Gasteiger partial charge in [-0.3, -0.25) is 0 Å². The Hall–Kier alpha value is -2.40. The Kier molecular flexibility index (Phi) is 13.7. The van der Waals surface area contributed by atoms with E-state index in [2.05, 4.69) is 47.5 Å². The van der Waals surface area contributed by atoms with Crippen LogP contribution in [-0.2, 0) is 25.6 Å². The fourth-order valence-electron chi connectivity index (χ4n) is 5.69. The molecule has 2 aliphatic heterocycles. The first-order valence-electron chi connectivity index (χ1n) is 15.5. The van der Waals surface area contributed by atoms with E-state index in [0.29, 0.717) is 46.1 Å². The van der Waals surface area contributed by atoms with Crippen LogP contribution < -0.4 is 19.7 Å². The van der Waals surface area contributed by atoms with Crippen LogP contribution in [0.3, 0.4) is 0 Å². The minimum atomic E-state index is -0.468. The number of hydrogen-bond donors (Lipinski definition) is 2. The maximum atomic E-state index is 10.4. The van der Waals surface area contributed by atoms with Crippen LogP contribution >= 0.6 is 0 Å². The molecule has 1 fully saturated rings. The van der Waals surface area contributed by atoms with Crippen LogP contribution in [0.1, 0.15) is 49.7 Å². The van der Waals surface area contributed by atoms with E-state index in [9.17, 15) is 5.11 Å². The first-order valence-corrected chi connectivity index (χ1v) is 15.5. The van der Waals surface area contributed by atoms with Gasteiger partial charge in [0.1, 0.15) is 18.1 Å². The van der Waals surface area contributed by atoms with Gasteiger partial charge in [0, 0.05) is 59.4 Å². The summed E-state index contributed by atoms with van der Waals surface area (Å²) in [4.78, 5) is 2.37. The Morgan fingerprint density at radius 3 is 2.50 bits per heavy atom. The summed E-state index contributed by atoms with van der Waals surface area (Å²) >= 11 is 0. The molecule has 0 spiro atoms. The van der Waals surface area contributed by atoms with Gasteiger partial charge >= 0.3 is 0 Å². The average molecular weight is 587 g/mol. The second-order valence-corrected chi connectivity index (χ2v) is 11.1. The van der Waals surface area contributed by atoms with Crippen LogP contribution in [0, 0.1) is 0 Å². The molecule has 0 saturated carbocycles. The molecule has 0 aromatic heterocycles. The quantitative estimate of drug-likeness (QED) is 0.250. The van der Waals surface area contributed by atoms with Crippen molar-refractivity contribution in [3.05, 3.63) is 53.6 Å². The van der Waals surface area contributed by atoms with Gasteiger partial charge in [-0.25, -0.2) is 0 Å². The number of hydrogen-bond acceptors (Lipinski definition) is 9. The molecular formula is C33H50N2O7. The molecule has 0 bridgehead atoms. The Bertz CT molecular complexity index is 1040. The average Bonchev–Trinajstić information content (AvgIpc) is 3.02. The SMILES string of the molecule is CCCC(O)CO[C@@H]1CNC[C@H](OCc2ccc3c(c2)N(CCCOC)CCO3)C1c1ccc(OCCCOC)cc1. The summed E-state index contributed by atoms with van der Waals surface area (Å²) in [7, 11) is 3.44. The highest BCUT2D eigenvalue weighted by molar-refractivity contribution is 5.61. The van der Waals surface area contributed by atoms with E-state index in [1.807, 2.05) is 12.1 Å². The van der Waals surface area contributed by atoms with Crippen LogP contribution in [0.4, 0.5) is 5.69 Å². The third-order valence-corrected chi connectivity index (χ3v) is 7.87. The number of piperidine rings is 1. The molecule has 1 saturated heterocycles. The predicted octanol–water partition coefficient (Wildman–Crippen LogP) is 4.16. The number of benzene rings is 2. The van der Waals surface area contributed by atoms with Crippen molar-refractivity contribution in [3.63, 3.8) is 0 Å². The maximum absolute atomic E-state index is 10.4. The predicted molar refractivity (Wildman–Crippen MR) is 164 cm³/mol. The molecule has 4 atom stereocenters. The molecule has 234 valence electrons. The first kappa shape index (κ1) is 32.5. The second kappa shape index (κ2) is 17.7. The number of nitrogens with zero attached hydrogens (tertiary/aromatic N) is 1. The van der Waals surface area contributed by atoms with Gasteiger partial charge in [0.25, 0.3) is 0 Å². The molecule has 2 N–H and O–H groups in total. The van der Waals surface area contributed by atoms with E-state index in [0.717, 1.165) is 73.7 Å². The summed E-state index contributed by atoms with van der Waals surface area (Å²) in [6, 6.07) is 14.6. The summed E-state index contributed by atoms with van der Waals surface area (Å²) in [5, 5.41) is 13.9. The Labute approximate surface area is 251 Å². The van der Waals surface area contributed by atoms with Gasteiger partial charge in [0.2, 0.25) is 0 Å². The van der Waals surface area contributed by atoms with Crippen molar-refractivity contribution in [3.8, 4) is 11.5 Å². The zero-order valence-electron chi connectivity index (χ0n) is 25.6. The van der Waals surface area contributed by atoms with E-state index >= 15 is 0 Å². The molecule has 0 amide bonds. The number of fused-ring (bicyclic) bond motifs is 1. The van der Waals surface area contributed by atoms with Crippen molar-refractivity contribution in [2.45, 2.75) is 63.4 Å². The highest BCUT2D eigenvalue weighted by atomic mass is 16.5. The van der Waals surface area contributed by atoms with Crippen molar-refractivity contribution < 1.29 is 33.5 Å². The van der Waals surface area contributed by atoms with Crippen LogP contribution in [0.15, 0.2) is 42.5 Å². The first-order chi connectivity index (χ1) is 20.6. The molecule has 2 unspecified atom stereocenters. The normalized spacial score (nSPS) is 21.0. The highest BCUT2D eigenvalue weighted by Crippen LogP contribution is 2.35. The van der Waals surface area contributed by atoms with Gasteiger partial charge in [-0.05, 0) is 48.2 Å². The lowest BCUT2D eigenvalue weighted by atomic mass is 9.85. The highest BCUT2D eigenvalue weighted by Gasteiger charge is 2.36. The van der Waals surface area contributed by atoms with Gasteiger partial charge in [0.15, 0.2) is 0 Å². The summed E-state index contributed by atoms with van der Waals surface area (Å²) in [6.45, 7) is 8.80. The number of nitrogens with one attached hydrogen (secondary N) is 1. The van der Waals surface area contributed by atoms with Gasteiger partial charge in [0.05, 0.1) is 50.4 Å². The van der Waals surface area contributed by atoms with Crippen molar-refractivity contribution in [2.75, 3.05) is 78.3 Å². The van der Waals surface area contributed by atoms with Crippen molar-refractivity contribution in [2.24, 2.45) is 0 Å². The zero-order valence-corrected chi connectivity index (χ0v) is 25.6. The van der Waals surface area contributed by atoms with Crippen LogP contribution in [-0.4, -0.2) is 96.9 Å². The number of aliphatic hydroxyl groups is 1. The zero-order chi connectivity index (χ0) is 29.6. The monoisotopic (exact) mass is 586 g/mol. The number of aliphatic hydroxyl groups excluding tert-OH is 1. The van der Waals surface area contributed by atoms with Gasteiger partial charge in [-0.15, -0.1) is 0 Å². The number of anilines is 1. The summed E-state index contributed by atoms with van der Waals surface area (Å²) in [6.07, 6.45) is 2.76. The van der Waals surface area contributed by atoms with Crippen molar-refractivity contribution >= 4 is 5.69 Å². The maximum Gasteiger partial charge on any atom is 0.142 e. The van der Waals surface area contributed by atoms with Gasteiger partial charge in [-0.2, -0.15) is 0 Å². The van der Waals surface area contributed by atoms with Gasteiger partial charge in [-0.1, -0.05) is 31.5 Å². The largest absolute Gasteiger partial charge is 0.494 e. The molecule has 42 heavy (non-hydrogen) atoms. The minimum absolute atomic E-state index is 0.00845. The van der Waals surface area contributed by atoms with E-state index in [-0.39, 0.29) is 18.1 Å². The van der Waals surface area contributed by atoms with E-state index < -0.39 is 6.10 Å². The molecular weight excluding hydrogens is 536 g/mol. The molecule has 2 heterocycles. The molecule has 0 aliphatic carbocycles. The second-order valence-electron chi connectivity index (χ2n) is 11.1. The smallest absolute Gasteiger partial charge is 0.142 e. The molecule has 2 aromatic carbocycles. The van der Waals surface area contributed by atoms with E-state index in [4.69, 9.17) is 28.4 Å².